The van der Waals surface area contributed by atoms with Crippen LogP contribution in [-0.4, -0.2) is 18.1 Å². The summed E-state index contributed by atoms with van der Waals surface area (Å²) in [5, 5.41) is 3.22. The van der Waals surface area contributed by atoms with Crippen molar-refractivity contribution in [3.63, 3.8) is 0 Å². The molecule has 4 nitrogen and oxygen atoms in total. The predicted octanol–water partition coefficient (Wildman–Crippen LogP) is 5.04. The van der Waals surface area contributed by atoms with Crippen LogP contribution in [0.4, 0.5) is 0 Å². The summed E-state index contributed by atoms with van der Waals surface area (Å²) in [6.45, 7) is 4.84. The third kappa shape index (κ3) is 4.82. The van der Waals surface area contributed by atoms with E-state index in [1.54, 1.807) is 0 Å². The molecule has 0 unspecified atom stereocenters. The molecule has 0 aliphatic carbocycles. The molecule has 2 aromatic rings. The Bertz CT molecular complexity index is 740. The average molecular weight is 367 g/mol. The van der Waals surface area contributed by atoms with Gasteiger partial charge in [0, 0.05) is 18.4 Å². The molecular weight excluding hydrogens is 338 g/mol. The molecule has 1 aliphatic heterocycles. The van der Waals surface area contributed by atoms with Crippen LogP contribution >= 0.6 is 0 Å². The van der Waals surface area contributed by atoms with Gasteiger partial charge in [-0.3, -0.25) is 4.79 Å². The van der Waals surface area contributed by atoms with Crippen LogP contribution in [0, 0.1) is 0 Å². The van der Waals surface area contributed by atoms with Crippen molar-refractivity contribution >= 4 is 5.91 Å². The lowest BCUT2D eigenvalue weighted by atomic mass is 9.83. The van der Waals surface area contributed by atoms with E-state index in [0.717, 1.165) is 36.3 Å². The third-order valence-corrected chi connectivity index (χ3v) is 5.38. The Hall–Kier alpha value is -2.49. The summed E-state index contributed by atoms with van der Waals surface area (Å²) < 4.78 is 12.0. The minimum atomic E-state index is -0.206. The first-order valence-corrected chi connectivity index (χ1v) is 9.91. The highest BCUT2D eigenvalue weighted by molar-refractivity contribution is 5.76. The summed E-state index contributed by atoms with van der Waals surface area (Å²) in [6.07, 6.45) is 3.81. The van der Waals surface area contributed by atoms with Gasteiger partial charge in [0.2, 0.25) is 5.91 Å². The zero-order chi connectivity index (χ0) is 19.1. The molecule has 1 amide bonds. The van der Waals surface area contributed by atoms with Crippen LogP contribution < -0.4 is 14.8 Å². The van der Waals surface area contributed by atoms with E-state index in [9.17, 15) is 4.79 Å². The number of hydrogen-bond acceptors (Lipinski definition) is 3. The van der Waals surface area contributed by atoms with E-state index < -0.39 is 0 Å². The molecule has 3 rings (SSSR count). The number of nitrogens with one attached hydrogen (secondary N) is 1. The molecule has 27 heavy (non-hydrogen) atoms. The molecule has 0 saturated carbocycles. The highest BCUT2D eigenvalue weighted by atomic mass is 16.5. The Morgan fingerprint density at radius 3 is 2.56 bits per heavy atom. The first-order chi connectivity index (χ1) is 13.2. The number of fused-ring (bicyclic) bond motifs is 1. The minimum absolute atomic E-state index is 0.00242. The fourth-order valence-electron chi connectivity index (χ4n) is 3.64. The van der Waals surface area contributed by atoms with Crippen molar-refractivity contribution in [1.29, 1.82) is 0 Å². The van der Waals surface area contributed by atoms with Gasteiger partial charge in [-0.15, -0.1) is 0 Å². The quantitative estimate of drug-likeness (QED) is 0.665. The van der Waals surface area contributed by atoms with Gasteiger partial charge in [0.25, 0.3) is 0 Å². The molecule has 1 atom stereocenters. The molecule has 0 spiro atoms. The fourth-order valence-corrected chi connectivity index (χ4v) is 3.64. The number of amides is 1. The van der Waals surface area contributed by atoms with Crippen LogP contribution in [0.2, 0.25) is 0 Å². The van der Waals surface area contributed by atoms with E-state index in [1.165, 1.54) is 0 Å². The number of carbonyl (C=O) groups excluding carboxylic acids is 1. The molecule has 0 bridgehead atoms. The van der Waals surface area contributed by atoms with Crippen molar-refractivity contribution < 1.29 is 14.3 Å². The van der Waals surface area contributed by atoms with Crippen LogP contribution in [-0.2, 0) is 4.79 Å². The smallest absolute Gasteiger partial charge is 0.220 e. The second-order valence-electron chi connectivity index (χ2n) is 7.12. The largest absolute Gasteiger partial charge is 0.494 e. The molecule has 2 aromatic carbocycles. The molecule has 1 N–H and O–H groups in total. The number of rotatable bonds is 8. The van der Waals surface area contributed by atoms with E-state index in [2.05, 4.69) is 19.2 Å². The normalized spacial score (nSPS) is 17.5. The topological polar surface area (TPSA) is 47.6 Å². The average Bonchev–Trinajstić information content (AvgIpc) is 2.72. The highest BCUT2D eigenvalue weighted by Gasteiger charge is 2.38. The summed E-state index contributed by atoms with van der Waals surface area (Å²) in [5.41, 5.74) is 0.867. The van der Waals surface area contributed by atoms with E-state index in [-0.39, 0.29) is 17.6 Å². The Morgan fingerprint density at radius 1 is 1.11 bits per heavy atom. The maximum absolute atomic E-state index is 12.5. The summed E-state index contributed by atoms with van der Waals surface area (Å²) in [7, 11) is 0. The monoisotopic (exact) mass is 367 g/mol. The van der Waals surface area contributed by atoms with Gasteiger partial charge >= 0.3 is 0 Å². The van der Waals surface area contributed by atoms with E-state index in [0.29, 0.717) is 19.4 Å². The molecule has 144 valence electrons. The predicted molar refractivity (Wildman–Crippen MR) is 107 cm³/mol. The maximum Gasteiger partial charge on any atom is 0.220 e. The maximum atomic E-state index is 12.5. The Labute approximate surface area is 161 Å². The first-order valence-electron chi connectivity index (χ1n) is 9.91. The fraction of sp³-hybridized carbons (Fsp3) is 0.435. The zero-order valence-corrected chi connectivity index (χ0v) is 16.2. The number of hydrogen-bond donors (Lipinski definition) is 1. The molecule has 0 aromatic heterocycles. The van der Waals surface area contributed by atoms with Crippen LogP contribution in [0.15, 0.2) is 54.6 Å². The molecule has 0 radical (unpaired) electrons. The molecule has 1 heterocycles. The molecule has 4 heteroatoms. The SMILES string of the molecule is CCC1(CC)C[C@@H](NC(=O)CCCOc2ccccc2)c2ccccc2O1. The summed E-state index contributed by atoms with van der Waals surface area (Å²) in [6, 6.07) is 17.7. The van der Waals surface area contributed by atoms with Crippen LogP contribution in [0.3, 0.4) is 0 Å². The molecular formula is C23H29NO3. The number of benzene rings is 2. The van der Waals surface area contributed by atoms with Gasteiger partial charge in [0.15, 0.2) is 0 Å². The van der Waals surface area contributed by atoms with Gasteiger partial charge in [0.1, 0.15) is 17.1 Å². The van der Waals surface area contributed by atoms with Crippen molar-refractivity contribution in [3.8, 4) is 11.5 Å². The van der Waals surface area contributed by atoms with E-state index in [4.69, 9.17) is 9.47 Å². The Morgan fingerprint density at radius 2 is 1.81 bits per heavy atom. The van der Waals surface area contributed by atoms with Crippen LogP contribution in [0.5, 0.6) is 11.5 Å². The van der Waals surface area contributed by atoms with Gasteiger partial charge in [-0.2, -0.15) is 0 Å². The summed E-state index contributed by atoms with van der Waals surface area (Å²) in [4.78, 5) is 12.5. The lowest BCUT2D eigenvalue weighted by Gasteiger charge is -2.41. The van der Waals surface area contributed by atoms with Crippen LogP contribution in [0.25, 0.3) is 0 Å². The molecule has 0 saturated heterocycles. The number of para-hydroxylation sites is 2. The van der Waals surface area contributed by atoms with Crippen molar-refractivity contribution in [1.82, 2.24) is 5.32 Å². The highest BCUT2D eigenvalue weighted by Crippen LogP contribution is 2.42. The van der Waals surface area contributed by atoms with Crippen LogP contribution in [0.1, 0.15) is 57.6 Å². The summed E-state index contributed by atoms with van der Waals surface area (Å²) >= 11 is 0. The Balaban J connectivity index is 1.56. The van der Waals surface area contributed by atoms with Gasteiger partial charge in [-0.25, -0.2) is 0 Å². The standard InChI is InChI=1S/C23H29NO3/c1-3-23(4-2)17-20(19-13-8-9-14-21(19)27-23)24-22(25)15-10-16-26-18-11-6-5-7-12-18/h5-9,11-14,20H,3-4,10,15-17H2,1-2H3,(H,24,25)/t20-/m1/s1. The lowest BCUT2D eigenvalue weighted by Crippen LogP contribution is -2.44. The second-order valence-corrected chi connectivity index (χ2v) is 7.12. The van der Waals surface area contributed by atoms with Gasteiger partial charge in [-0.1, -0.05) is 50.2 Å². The minimum Gasteiger partial charge on any atom is -0.494 e. The number of ether oxygens (including phenoxy) is 2. The van der Waals surface area contributed by atoms with Crippen molar-refractivity contribution in [2.24, 2.45) is 0 Å². The van der Waals surface area contributed by atoms with Crippen molar-refractivity contribution in [2.45, 2.75) is 57.6 Å². The van der Waals surface area contributed by atoms with E-state index >= 15 is 0 Å². The van der Waals surface area contributed by atoms with Crippen molar-refractivity contribution in [3.05, 3.63) is 60.2 Å². The lowest BCUT2D eigenvalue weighted by molar-refractivity contribution is -0.122. The second kappa shape index (κ2) is 8.94. The third-order valence-electron chi connectivity index (χ3n) is 5.38. The van der Waals surface area contributed by atoms with Gasteiger partial charge in [-0.05, 0) is 37.5 Å². The first kappa shape index (κ1) is 19.3. The molecule has 1 aliphatic rings. The number of carbonyl (C=O) groups is 1. The zero-order valence-electron chi connectivity index (χ0n) is 16.2. The van der Waals surface area contributed by atoms with Crippen molar-refractivity contribution in [2.75, 3.05) is 6.61 Å². The van der Waals surface area contributed by atoms with Gasteiger partial charge < -0.3 is 14.8 Å². The van der Waals surface area contributed by atoms with E-state index in [1.807, 2.05) is 54.6 Å². The molecule has 0 fully saturated rings. The summed E-state index contributed by atoms with van der Waals surface area (Å²) in [5.74, 6) is 1.80. The Kier molecular flexibility index (Phi) is 6.38. The van der Waals surface area contributed by atoms with Gasteiger partial charge in [0.05, 0.1) is 12.6 Å².